The van der Waals surface area contributed by atoms with E-state index in [1.165, 1.54) is 25.7 Å². The Morgan fingerprint density at radius 2 is 1.88 bits per heavy atom. The Kier molecular flexibility index (Phi) is 3.60. The van der Waals surface area contributed by atoms with Crippen molar-refractivity contribution >= 4 is 5.91 Å². The summed E-state index contributed by atoms with van der Waals surface area (Å²) in [5.74, 6) is 0.417. The lowest BCUT2D eigenvalue weighted by molar-refractivity contribution is -0.119. The predicted molar refractivity (Wildman–Crippen MR) is 65.0 cm³/mol. The first kappa shape index (κ1) is 11.2. The first-order valence-electron chi connectivity index (χ1n) is 6.11. The molecule has 0 aromatic heterocycles. The minimum absolute atomic E-state index is 0.0932. The fourth-order valence-corrected chi connectivity index (χ4v) is 2.68. The van der Waals surface area contributed by atoms with Gasteiger partial charge >= 0.3 is 0 Å². The Labute approximate surface area is 96.8 Å². The Morgan fingerprint density at radius 1 is 1.25 bits per heavy atom. The molecule has 86 valence electrons. The van der Waals surface area contributed by atoms with E-state index in [2.05, 4.69) is 0 Å². The second-order valence-corrected chi connectivity index (χ2v) is 4.75. The number of benzene rings is 1. The average molecular weight is 217 g/mol. The SMILES string of the molecule is NC(=O)C(CC1CCCC1)c1ccccc1. The molecular formula is C14H19NO. The Bertz CT molecular complexity index is 341. The first-order chi connectivity index (χ1) is 7.77. The average Bonchev–Trinajstić information content (AvgIpc) is 2.79. The topological polar surface area (TPSA) is 43.1 Å². The molecule has 1 aromatic carbocycles. The van der Waals surface area contributed by atoms with E-state index in [4.69, 9.17) is 5.73 Å². The minimum Gasteiger partial charge on any atom is -0.369 e. The molecule has 0 aliphatic heterocycles. The maximum atomic E-state index is 11.5. The molecule has 0 heterocycles. The number of primary amides is 1. The Hall–Kier alpha value is -1.31. The molecular weight excluding hydrogens is 198 g/mol. The van der Waals surface area contributed by atoms with Gasteiger partial charge in [0.25, 0.3) is 0 Å². The summed E-state index contributed by atoms with van der Waals surface area (Å²) in [5.41, 5.74) is 6.58. The fraction of sp³-hybridized carbons (Fsp3) is 0.500. The smallest absolute Gasteiger partial charge is 0.224 e. The van der Waals surface area contributed by atoms with Crippen molar-refractivity contribution in [2.75, 3.05) is 0 Å². The molecule has 1 amide bonds. The summed E-state index contributed by atoms with van der Waals surface area (Å²) >= 11 is 0. The zero-order chi connectivity index (χ0) is 11.4. The first-order valence-corrected chi connectivity index (χ1v) is 6.11. The van der Waals surface area contributed by atoms with E-state index < -0.39 is 0 Å². The van der Waals surface area contributed by atoms with Crippen LogP contribution in [-0.2, 0) is 4.79 Å². The van der Waals surface area contributed by atoms with Gasteiger partial charge in [0.1, 0.15) is 0 Å². The number of hydrogen-bond donors (Lipinski definition) is 1. The lowest BCUT2D eigenvalue weighted by Crippen LogP contribution is -2.23. The molecule has 1 unspecified atom stereocenters. The molecule has 2 rings (SSSR count). The number of carbonyl (C=O) groups is 1. The van der Waals surface area contributed by atoms with Crippen LogP contribution in [0.15, 0.2) is 30.3 Å². The van der Waals surface area contributed by atoms with Crippen LogP contribution in [0.4, 0.5) is 0 Å². The standard InChI is InChI=1S/C14H19NO/c15-14(16)13(10-11-6-4-5-7-11)12-8-2-1-3-9-12/h1-3,8-9,11,13H,4-7,10H2,(H2,15,16). The van der Waals surface area contributed by atoms with Gasteiger partial charge in [-0.1, -0.05) is 56.0 Å². The van der Waals surface area contributed by atoms with Gasteiger partial charge in [-0.2, -0.15) is 0 Å². The number of hydrogen-bond acceptors (Lipinski definition) is 1. The van der Waals surface area contributed by atoms with Crippen LogP contribution in [0, 0.1) is 5.92 Å². The van der Waals surface area contributed by atoms with Gasteiger partial charge in [-0.05, 0) is 17.9 Å². The molecule has 2 N–H and O–H groups in total. The summed E-state index contributed by atoms with van der Waals surface area (Å²) in [6.45, 7) is 0. The van der Waals surface area contributed by atoms with Crippen LogP contribution >= 0.6 is 0 Å². The molecule has 1 atom stereocenters. The van der Waals surface area contributed by atoms with Gasteiger partial charge in [0.05, 0.1) is 5.92 Å². The highest BCUT2D eigenvalue weighted by atomic mass is 16.1. The summed E-state index contributed by atoms with van der Waals surface area (Å²) in [7, 11) is 0. The largest absolute Gasteiger partial charge is 0.369 e. The van der Waals surface area contributed by atoms with Gasteiger partial charge in [-0.3, -0.25) is 4.79 Å². The fourth-order valence-electron chi connectivity index (χ4n) is 2.68. The van der Waals surface area contributed by atoms with Crippen LogP contribution in [0.3, 0.4) is 0 Å². The highest BCUT2D eigenvalue weighted by Gasteiger charge is 2.24. The van der Waals surface area contributed by atoms with Gasteiger partial charge in [0.15, 0.2) is 0 Å². The third kappa shape index (κ3) is 2.63. The number of carbonyl (C=O) groups excluding carboxylic acids is 1. The van der Waals surface area contributed by atoms with Crippen molar-refractivity contribution in [3.63, 3.8) is 0 Å². The highest BCUT2D eigenvalue weighted by molar-refractivity contribution is 5.81. The van der Waals surface area contributed by atoms with Crippen LogP contribution in [0.2, 0.25) is 0 Å². The second kappa shape index (κ2) is 5.15. The highest BCUT2D eigenvalue weighted by Crippen LogP contribution is 2.33. The van der Waals surface area contributed by atoms with Crippen LogP contribution in [0.1, 0.15) is 43.6 Å². The molecule has 1 aliphatic rings. The van der Waals surface area contributed by atoms with Gasteiger partial charge in [-0.15, -0.1) is 0 Å². The molecule has 1 aliphatic carbocycles. The van der Waals surface area contributed by atoms with Gasteiger partial charge in [0, 0.05) is 0 Å². The van der Waals surface area contributed by atoms with E-state index in [1.54, 1.807) is 0 Å². The molecule has 2 heteroatoms. The predicted octanol–water partition coefficient (Wildman–Crippen LogP) is 2.84. The number of amides is 1. The van der Waals surface area contributed by atoms with Crippen molar-refractivity contribution in [2.24, 2.45) is 11.7 Å². The summed E-state index contributed by atoms with van der Waals surface area (Å²) in [5, 5.41) is 0. The second-order valence-electron chi connectivity index (χ2n) is 4.75. The monoisotopic (exact) mass is 217 g/mol. The summed E-state index contributed by atoms with van der Waals surface area (Å²) in [4.78, 5) is 11.5. The number of nitrogens with two attached hydrogens (primary N) is 1. The van der Waals surface area contributed by atoms with Crippen molar-refractivity contribution < 1.29 is 4.79 Å². The number of rotatable bonds is 4. The quantitative estimate of drug-likeness (QED) is 0.828. The lowest BCUT2D eigenvalue weighted by Gasteiger charge is -2.17. The van der Waals surface area contributed by atoms with Gasteiger partial charge in [0.2, 0.25) is 5.91 Å². The van der Waals surface area contributed by atoms with E-state index >= 15 is 0 Å². The third-order valence-corrected chi connectivity index (χ3v) is 3.59. The van der Waals surface area contributed by atoms with Crippen molar-refractivity contribution in [2.45, 2.75) is 38.0 Å². The summed E-state index contributed by atoms with van der Waals surface area (Å²) in [6, 6.07) is 9.92. The minimum atomic E-state index is -0.182. The van der Waals surface area contributed by atoms with Crippen LogP contribution in [-0.4, -0.2) is 5.91 Å². The van der Waals surface area contributed by atoms with Crippen LogP contribution in [0.5, 0.6) is 0 Å². The third-order valence-electron chi connectivity index (χ3n) is 3.59. The van der Waals surface area contributed by atoms with Crippen LogP contribution < -0.4 is 5.73 Å². The molecule has 1 fully saturated rings. The summed E-state index contributed by atoms with van der Waals surface area (Å²) in [6.07, 6.45) is 6.07. The molecule has 0 radical (unpaired) electrons. The molecule has 2 nitrogen and oxygen atoms in total. The van der Waals surface area contributed by atoms with Crippen molar-refractivity contribution in [1.82, 2.24) is 0 Å². The van der Waals surface area contributed by atoms with E-state index in [0.717, 1.165) is 12.0 Å². The van der Waals surface area contributed by atoms with E-state index in [9.17, 15) is 4.79 Å². The van der Waals surface area contributed by atoms with Crippen molar-refractivity contribution in [3.8, 4) is 0 Å². The lowest BCUT2D eigenvalue weighted by atomic mass is 9.87. The molecule has 0 spiro atoms. The summed E-state index contributed by atoms with van der Waals surface area (Å²) < 4.78 is 0. The molecule has 0 saturated heterocycles. The zero-order valence-corrected chi connectivity index (χ0v) is 9.56. The zero-order valence-electron chi connectivity index (χ0n) is 9.56. The maximum Gasteiger partial charge on any atom is 0.224 e. The van der Waals surface area contributed by atoms with Gasteiger partial charge in [-0.25, -0.2) is 0 Å². The molecule has 1 aromatic rings. The van der Waals surface area contributed by atoms with Crippen molar-refractivity contribution in [3.05, 3.63) is 35.9 Å². The normalized spacial score (nSPS) is 18.5. The van der Waals surface area contributed by atoms with E-state index in [1.807, 2.05) is 30.3 Å². The maximum absolute atomic E-state index is 11.5. The van der Waals surface area contributed by atoms with Crippen molar-refractivity contribution in [1.29, 1.82) is 0 Å². The van der Waals surface area contributed by atoms with E-state index in [-0.39, 0.29) is 11.8 Å². The molecule has 0 bridgehead atoms. The van der Waals surface area contributed by atoms with Gasteiger partial charge < -0.3 is 5.73 Å². The Balaban J connectivity index is 2.08. The molecule has 16 heavy (non-hydrogen) atoms. The Morgan fingerprint density at radius 3 is 2.44 bits per heavy atom. The van der Waals surface area contributed by atoms with E-state index in [0.29, 0.717) is 5.92 Å². The van der Waals surface area contributed by atoms with Crippen LogP contribution in [0.25, 0.3) is 0 Å². The molecule has 1 saturated carbocycles.